The molecular formula is C15H16BrNO3. The third kappa shape index (κ3) is 3.63. The van der Waals surface area contributed by atoms with Gasteiger partial charge in [0.05, 0.1) is 12.3 Å². The summed E-state index contributed by atoms with van der Waals surface area (Å²) in [5.41, 5.74) is 0.954. The molecule has 1 aromatic carbocycles. The molecule has 1 N–H and O–H groups in total. The summed E-state index contributed by atoms with van der Waals surface area (Å²) in [5, 5.41) is 2.95. The van der Waals surface area contributed by atoms with E-state index in [1.807, 2.05) is 25.1 Å². The zero-order valence-electron chi connectivity index (χ0n) is 11.1. The first-order chi connectivity index (χ1) is 9.74. The first-order valence-electron chi connectivity index (χ1n) is 6.37. The van der Waals surface area contributed by atoms with Gasteiger partial charge in [0, 0.05) is 5.56 Å². The summed E-state index contributed by atoms with van der Waals surface area (Å²) in [6, 6.07) is 10.6. The molecule has 1 heterocycles. The SMILES string of the molecule is CCC(NC(=O)c1cccc(OCBr)c1)c1ccco1. The molecule has 0 fully saturated rings. The standard InChI is InChI=1S/C15H16BrNO3/c1-2-13(14-7-4-8-19-14)17-15(18)11-5-3-6-12(9-11)20-10-16/h3-9,13H,2,10H2,1H3,(H,17,18). The Labute approximate surface area is 126 Å². The van der Waals surface area contributed by atoms with Gasteiger partial charge in [-0.05, 0) is 52.7 Å². The average Bonchev–Trinajstić information content (AvgIpc) is 2.99. The second kappa shape index (κ2) is 7.14. The summed E-state index contributed by atoms with van der Waals surface area (Å²) in [4.78, 5) is 12.2. The van der Waals surface area contributed by atoms with Crippen LogP contribution in [0.2, 0.25) is 0 Å². The lowest BCUT2D eigenvalue weighted by atomic mass is 10.1. The normalized spacial score (nSPS) is 11.9. The van der Waals surface area contributed by atoms with Gasteiger partial charge in [0.1, 0.15) is 17.0 Å². The topological polar surface area (TPSA) is 51.5 Å². The van der Waals surface area contributed by atoms with Crippen molar-refractivity contribution in [2.75, 3.05) is 5.52 Å². The van der Waals surface area contributed by atoms with Crippen LogP contribution in [0, 0.1) is 0 Å². The van der Waals surface area contributed by atoms with Gasteiger partial charge < -0.3 is 14.5 Å². The molecule has 0 saturated carbocycles. The molecule has 4 nitrogen and oxygen atoms in total. The van der Waals surface area contributed by atoms with Crippen molar-refractivity contribution >= 4 is 21.8 Å². The van der Waals surface area contributed by atoms with Crippen molar-refractivity contribution < 1.29 is 13.9 Å². The number of ether oxygens (including phenoxy) is 1. The predicted octanol–water partition coefficient (Wildman–Crippen LogP) is 3.89. The van der Waals surface area contributed by atoms with Crippen molar-refractivity contribution in [3.05, 3.63) is 54.0 Å². The number of rotatable bonds is 6. The Balaban J connectivity index is 2.09. The summed E-state index contributed by atoms with van der Waals surface area (Å²) >= 11 is 3.19. The Morgan fingerprint density at radius 1 is 1.40 bits per heavy atom. The predicted molar refractivity (Wildman–Crippen MR) is 80.1 cm³/mol. The fourth-order valence-electron chi connectivity index (χ4n) is 1.90. The van der Waals surface area contributed by atoms with Gasteiger partial charge in [-0.2, -0.15) is 0 Å². The fraction of sp³-hybridized carbons (Fsp3) is 0.267. The van der Waals surface area contributed by atoms with E-state index >= 15 is 0 Å². The largest absolute Gasteiger partial charge is 0.482 e. The molecule has 1 aromatic heterocycles. The van der Waals surface area contributed by atoms with Crippen molar-refractivity contribution in [2.24, 2.45) is 0 Å². The average molecular weight is 338 g/mol. The number of nitrogens with one attached hydrogen (secondary N) is 1. The minimum absolute atomic E-state index is 0.127. The van der Waals surface area contributed by atoms with E-state index in [4.69, 9.17) is 9.15 Å². The highest BCUT2D eigenvalue weighted by Crippen LogP contribution is 2.19. The van der Waals surface area contributed by atoms with E-state index in [9.17, 15) is 4.79 Å². The van der Waals surface area contributed by atoms with Crippen molar-refractivity contribution in [3.63, 3.8) is 0 Å². The number of alkyl halides is 1. The second-order valence-corrected chi connectivity index (χ2v) is 4.69. The number of hydrogen-bond donors (Lipinski definition) is 1. The van der Waals surface area contributed by atoms with Crippen LogP contribution in [0.3, 0.4) is 0 Å². The van der Waals surface area contributed by atoms with Gasteiger partial charge in [0.2, 0.25) is 0 Å². The highest BCUT2D eigenvalue weighted by molar-refractivity contribution is 9.09. The first kappa shape index (κ1) is 14.7. The Kier molecular flexibility index (Phi) is 5.24. The van der Waals surface area contributed by atoms with Gasteiger partial charge in [0.25, 0.3) is 5.91 Å². The maximum absolute atomic E-state index is 12.2. The molecule has 1 amide bonds. The van der Waals surface area contributed by atoms with Gasteiger partial charge in [0.15, 0.2) is 0 Å². The molecular weight excluding hydrogens is 322 g/mol. The number of furan rings is 1. The van der Waals surface area contributed by atoms with E-state index in [1.165, 1.54) is 0 Å². The molecule has 1 atom stereocenters. The molecule has 106 valence electrons. The Bertz CT molecular complexity index is 554. The maximum atomic E-state index is 12.2. The molecule has 0 bridgehead atoms. The van der Waals surface area contributed by atoms with E-state index < -0.39 is 0 Å². The van der Waals surface area contributed by atoms with Gasteiger partial charge in [-0.25, -0.2) is 0 Å². The summed E-state index contributed by atoms with van der Waals surface area (Å²) in [6.07, 6.45) is 2.37. The van der Waals surface area contributed by atoms with E-state index in [0.29, 0.717) is 16.8 Å². The smallest absolute Gasteiger partial charge is 0.252 e. The van der Waals surface area contributed by atoms with Gasteiger partial charge in [-0.3, -0.25) is 4.79 Å². The molecule has 0 spiro atoms. The summed E-state index contributed by atoms with van der Waals surface area (Å²) in [6.45, 7) is 2.00. The molecule has 0 aliphatic carbocycles. The van der Waals surface area contributed by atoms with E-state index in [0.717, 1.165) is 12.2 Å². The van der Waals surface area contributed by atoms with Gasteiger partial charge >= 0.3 is 0 Å². The van der Waals surface area contributed by atoms with Crippen LogP contribution < -0.4 is 10.1 Å². The zero-order valence-corrected chi connectivity index (χ0v) is 12.7. The van der Waals surface area contributed by atoms with E-state index in [-0.39, 0.29) is 11.9 Å². The molecule has 0 radical (unpaired) electrons. The monoisotopic (exact) mass is 337 g/mol. The third-order valence-electron chi connectivity index (χ3n) is 2.92. The lowest BCUT2D eigenvalue weighted by molar-refractivity contribution is 0.0930. The van der Waals surface area contributed by atoms with Crippen molar-refractivity contribution in [1.29, 1.82) is 0 Å². The van der Waals surface area contributed by atoms with Crippen LogP contribution >= 0.6 is 15.9 Å². The summed E-state index contributed by atoms with van der Waals surface area (Å²) in [5.74, 6) is 1.27. The Hall–Kier alpha value is -1.75. The summed E-state index contributed by atoms with van der Waals surface area (Å²) < 4.78 is 10.7. The van der Waals surface area contributed by atoms with Crippen LogP contribution in [0.1, 0.15) is 35.5 Å². The van der Waals surface area contributed by atoms with Gasteiger partial charge in [-0.15, -0.1) is 0 Å². The molecule has 20 heavy (non-hydrogen) atoms. The number of amides is 1. The van der Waals surface area contributed by atoms with Crippen LogP contribution in [-0.4, -0.2) is 11.4 Å². The Morgan fingerprint density at radius 2 is 2.25 bits per heavy atom. The molecule has 5 heteroatoms. The number of carbonyl (C=O) groups excluding carboxylic acids is 1. The van der Waals surface area contributed by atoms with Crippen molar-refractivity contribution in [2.45, 2.75) is 19.4 Å². The third-order valence-corrected chi connectivity index (χ3v) is 3.15. The lowest BCUT2D eigenvalue weighted by Gasteiger charge is -2.15. The van der Waals surface area contributed by atoms with Crippen LogP contribution in [0.5, 0.6) is 5.75 Å². The van der Waals surface area contributed by atoms with E-state index in [1.54, 1.807) is 24.5 Å². The molecule has 2 rings (SSSR count). The minimum atomic E-state index is -0.145. The molecule has 0 saturated heterocycles. The van der Waals surface area contributed by atoms with Crippen molar-refractivity contribution in [1.82, 2.24) is 5.32 Å². The second-order valence-electron chi connectivity index (χ2n) is 4.23. The number of carbonyl (C=O) groups is 1. The number of halogens is 1. The maximum Gasteiger partial charge on any atom is 0.252 e. The zero-order chi connectivity index (χ0) is 14.4. The van der Waals surface area contributed by atoms with Crippen molar-refractivity contribution in [3.8, 4) is 5.75 Å². The highest BCUT2D eigenvalue weighted by atomic mass is 79.9. The number of hydrogen-bond acceptors (Lipinski definition) is 3. The highest BCUT2D eigenvalue weighted by Gasteiger charge is 2.16. The van der Waals surface area contributed by atoms with Crippen LogP contribution in [0.4, 0.5) is 0 Å². The fourth-order valence-corrected chi connectivity index (χ4v) is 2.16. The molecule has 1 unspecified atom stereocenters. The van der Waals surface area contributed by atoms with Gasteiger partial charge in [-0.1, -0.05) is 13.0 Å². The lowest BCUT2D eigenvalue weighted by Crippen LogP contribution is -2.27. The molecule has 0 aliphatic rings. The molecule has 2 aromatic rings. The van der Waals surface area contributed by atoms with Crippen LogP contribution in [-0.2, 0) is 0 Å². The number of benzene rings is 1. The quantitative estimate of drug-likeness (QED) is 0.813. The Morgan fingerprint density at radius 3 is 2.90 bits per heavy atom. The molecule has 0 aliphatic heterocycles. The van der Waals surface area contributed by atoms with Crippen LogP contribution in [0.25, 0.3) is 0 Å². The van der Waals surface area contributed by atoms with E-state index in [2.05, 4.69) is 21.2 Å². The summed E-state index contributed by atoms with van der Waals surface area (Å²) in [7, 11) is 0. The van der Waals surface area contributed by atoms with Crippen LogP contribution in [0.15, 0.2) is 47.1 Å². The first-order valence-corrected chi connectivity index (χ1v) is 7.49. The minimum Gasteiger partial charge on any atom is -0.482 e.